The van der Waals surface area contributed by atoms with Crippen molar-refractivity contribution in [3.63, 3.8) is 0 Å². The number of carbonyl (C=O) groups excluding carboxylic acids is 1. The lowest BCUT2D eigenvalue weighted by Crippen LogP contribution is -2.37. The van der Waals surface area contributed by atoms with Crippen LogP contribution in [0.4, 0.5) is 5.69 Å². The number of nitro benzene ring substituents is 1. The Hall–Kier alpha value is -1.33. The molecule has 0 bridgehead atoms. The summed E-state index contributed by atoms with van der Waals surface area (Å²) in [5.74, 6) is 0.0104. The van der Waals surface area contributed by atoms with Gasteiger partial charge < -0.3 is 5.32 Å². The first-order chi connectivity index (χ1) is 9.36. The van der Waals surface area contributed by atoms with Gasteiger partial charge in [0.15, 0.2) is 0 Å². The molecule has 0 saturated carbocycles. The molecule has 0 aliphatic heterocycles. The normalized spacial score (nSPS) is 12.2. The smallest absolute Gasteiger partial charge is 0.283 e. The topological polar surface area (TPSA) is 72.2 Å². The van der Waals surface area contributed by atoms with Gasteiger partial charge in [-0.1, -0.05) is 31.5 Å². The fourth-order valence-electron chi connectivity index (χ4n) is 1.88. The Morgan fingerprint density at radius 2 is 2.10 bits per heavy atom. The maximum atomic E-state index is 12.2. The van der Waals surface area contributed by atoms with Crippen molar-refractivity contribution in [3.05, 3.63) is 38.9 Å². The lowest BCUT2D eigenvalue weighted by atomic mass is 10.0. The number of alkyl halides is 1. The first kappa shape index (κ1) is 16.7. The second kappa shape index (κ2) is 7.45. The van der Waals surface area contributed by atoms with E-state index in [9.17, 15) is 14.9 Å². The van der Waals surface area contributed by atoms with Crippen LogP contribution in [-0.2, 0) is 0 Å². The molecule has 0 fully saturated rings. The number of amides is 1. The molecule has 0 saturated heterocycles. The van der Waals surface area contributed by atoms with Crippen LogP contribution in [0.3, 0.4) is 0 Å². The summed E-state index contributed by atoms with van der Waals surface area (Å²) in [6.07, 6.45) is 0.688. The van der Waals surface area contributed by atoms with E-state index in [0.29, 0.717) is 12.3 Å². The molecule has 0 radical (unpaired) electrons. The molecule has 0 aromatic heterocycles. The van der Waals surface area contributed by atoms with E-state index in [1.807, 2.05) is 13.8 Å². The fraction of sp³-hybridized carbons (Fsp3) is 0.462. The summed E-state index contributed by atoms with van der Waals surface area (Å²) in [4.78, 5) is 22.5. The highest BCUT2D eigenvalue weighted by Crippen LogP contribution is 2.26. The minimum Gasteiger partial charge on any atom is -0.348 e. The first-order valence-electron chi connectivity index (χ1n) is 6.16. The summed E-state index contributed by atoms with van der Waals surface area (Å²) < 4.78 is 0. The van der Waals surface area contributed by atoms with Crippen molar-refractivity contribution in [2.24, 2.45) is 5.92 Å². The fourth-order valence-corrected chi connectivity index (χ4v) is 2.34. The molecular formula is C13H16Cl2N2O3. The van der Waals surface area contributed by atoms with Crippen molar-refractivity contribution in [2.75, 3.05) is 5.88 Å². The van der Waals surface area contributed by atoms with E-state index in [4.69, 9.17) is 23.2 Å². The number of nitro groups is 1. The van der Waals surface area contributed by atoms with Gasteiger partial charge in [0.25, 0.3) is 11.6 Å². The first-order valence-corrected chi connectivity index (χ1v) is 7.07. The van der Waals surface area contributed by atoms with E-state index < -0.39 is 10.8 Å². The molecule has 1 aromatic rings. The Morgan fingerprint density at radius 3 is 2.60 bits per heavy atom. The highest BCUT2D eigenvalue weighted by Gasteiger charge is 2.25. The second-order valence-electron chi connectivity index (χ2n) is 4.85. The van der Waals surface area contributed by atoms with Crippen molar-refractivity contribution in [3.8, 4) is 0 Å². The zero-order chi connectivity index (χ0) is 15.3. The van der Waals surface area contributed by atoms with Crippen molar-refractivity contribution >= 4 is 34.8 Å². The van der Waals surface area contributed by atoms with Gasteiger partial charge in [-0.3, -0.25) is 14.9 Å². The largest absolute Gasteiger partial charge is 0.348 e. The van der Waals surface area contributed by atoms with Gasteiger partial charge in [0.2, 0.25) is 0 Å². The number of nitrogens with one attached hydrogen (secondary N) is 1. The van der Waals surface area contributed by atoms with E-state index in [1.165, 1.54) is 18.2 Å². The molecule has 1 amide bonds. The SMILES string of the molecule is CC(C)CC(CCl)NC(=O)c1c(Cl)cccc1[N+](=O)[O-]. The van der Waals surface area contributed by atoms with Crippen LogP contribution < -0.4 is 5.32 Å². The van der Waals surface area contributed by atoms with Crippen LogP contribution in [0.15, 0.2) is 18.2 Å². The van der Waals surface area contributed by atoms with Crippen LogP contribution in [0.5, 0.6) is 0 Å². The molecule has 0 aliphatic carbocycles. The number of hydrogen-bond donors (Lipinski definition) is 1. The molecule has 1 aromatic carbocycles. The molecule has 5 nitrogen and oxygen atoms in total. The van der Waals surface area contributed by atoms with Crippen LogP contribution in [0.1, 0.15) is 30.6 Å². The van der Waals surface area contributed by atoms with Crippen LogP contribution >= 0.6 is 23.2 Å². The molecule has 0 spiro atoms. The van der Waals surface area contributed by atoms with Crippen LogP contribution in [0.25, 0.3) is 0 Å². The Balaban J connectivity index is 3.00. The predicted octanol–water partition coefficient (Wildman–Crippen LogP) is 3.63. The summed E-state index contributed by atoms with van der Waals surface area (Å²) in [6, 6.07) is 3.88. The van der Waals surface area contributed by atoms with Gasteiger partial charge in [-0.2, -0.15) is 0 Å². The number of benzene rings is 1. The number of halogens is 2. The van der Waals surface area contributed by atoms with Crippen LogP contribution in [0, 0.1) is 16.0 Å². The monoisotopic (exact) mass is 318 g/mol. The molecule has 1 unspecified atom stereocenters. The highest BCUT2D eigenvalue weighted by atomic mass is 35.5. The van der Waals surface area contributed by atoms with Gasteiger partial charge in [-0.05, 0) is 18.4 Å². The lowest BCUT2D eigenvalue weighted by Gasteiger charge is -2.18. The lowest BCUT2D eigenvalue weighted by molar-refractivity contribution is -0.385. The molecule has 0 heterocycles. The minimum atomic E-state index is -0.626. The Morgan fingerprint density at radius 1 is 1.45 bits per heavy atom. The Labute approximate surface area is 127 Å². The molecule has 110 valence electrons. The molecule has 20 heavy (non-hydrogen) atoms. The third kappa shape index (κ3) is 4.35. The summed E-state index contributed by atoms with van der Waals surface area (Å²) >= 11 is 11.7. The van der Waals surface area contributed by atoms with E-state index in [-0.39, 0.29) is 28.2 Å². The maximum Gasteiger partial charge on any atom is 0.283 e. The van der Waals surface area contributed by atoms with Crippen LogP contribution in [0.2, 0.25) is 5.02 Å². The Kier molecular flexibility index (Phi) is 6.23. The third-order valence-electron chi connectivity index (χ3n) is 2.69. The van der Waals surface area contributed by atoms with Gasteiger partial charge in [-0.25, -0.2) is 0 Å². The number of rotatable bonds is 6. The van der Waals surface area contributed by atoms with Gasteiger partial charge in [0.05, 0.1) is 9.95 Å². The average Bonchev–Trinajstić information content (AvgIpc) is 2.36. The van der Waals surface area contributed by atoms with E-state index in [1.54, 1.807) is 0 Å². The van der Waals surface area contributed by atoms with E-state index in [0.717, 1.165) is 0 Å². The zero-order valence-corrected chi connectivity index (χ0v) is 12.7. The summed E-state index contributed by atoms with van der Waals surface area (Å²) in [7, 11) is 0. The third-order valence-corrected chi connectivity index (χ3v) is 3.38. The molecule has 1 atom stereocenters. The number of nitrogens with zero attached hydrogens (tertiary/aromatic N) is 1. The average molecular weight is 319 g/mol. The predicted molar refractivity (Wildman–Crippen MR) is 79.5 cm³/mol. The second-order valence-corrected chi connectivity index (χ2v) is 5.56. The standard InChI is InChI=1S/C13H16Cl2N2O3/c1-8(2)6-9(7-14)16-13(18)12-10(15)4-3-5-11(12)17(19)20/h3-5,8-9H,6-7H2,1-2H3,(H,16,18). The van der Waals surface area contributed by atoms with Crippen molar-refractivity contribution < 1.29 is 9.72 Å². The summed E-state index contributed by atoms with van der Waals surface area (Å²) in [6.45, 7) is 4.01. The van der Waals surface area contributed by atoms with Gasteiger partial charge >= 0.3 is 0 Å². The zero-order valence-electron chi connectivity index (χ0n) is 11.2. The quantitative estimate of drug-likeness (QED) is 0.494. The number of hydrogen-bond acceptors (Lipinski definition) is 3. The maximum absolute atomic E-state index is 12.2. The van der Waals surface area contributed by atoms with E-state index >= 15 is 0 Å². The van der Waals surface area contributed by atoms with Gasteiger partial charge in [0.1, 0.15) is 5.56 Å². The number of carbonyl (C=O) groups is 1. The minimum absolute atomic E-state index is 0.0505. The molecule has 1 rings (SSSR count). The molecular weight excluding hydrogens is 303 g/mol. The molecule has 7 heteroatoms. The van der Waals surface area contributed by atoms with Crippen molar-refractivity contribution in [1.82, 2.24) is 5.32 Å². The highest BCUT2D eigenvalue weighted by molar-refractivity contribution is 6.34. The van der Waals surface area contributed by atoms with Crippen molar-refractivity contribution in [1.29, 1.82) is 0 Å². The molecule has 1 N–H and O–H groups in total. The van der Waals surface area contributed by atoms with Gasteiger partial charge in [0, 0.05) is 18.0 Å². The Bertz CT molecular complexity index is 506. The van der Waals surface area contributed by atoms with E-state index in [2.05, 4.69) is 5.32 Å². The van der Waals surface area contributed by atoms with Crippen molar-refractivity contribution in [2.45, 2.75) is 26.3 Å². The van der Waals surface area contributed by atoms with Gasteiger partial charge in [-0.15, -0.1) is 11.6 Å². The summed E-state index contributed by atoms with van der Waals surface area (Å²) in [5, 5.41) is 13.7. The molecule has 0 aliphatic rings. The van der Waals surface area contributed by atoms with Crippen LogP contribution in [-0.4, -0.2) is 22.8 Å². The summed E-state index contributed by atoms with van der Waals surface area (Å²) in [5.41, 5.74) is -0.439.